The monoisotopic (exact) mass is 423 g/mol. The van der Waals surface area contributed by atoms with Crippen molar-refractivity contribution in [2.75, 3.05) is 38.1 Å². The molecule has 0 radical (unpaired) electrons. The van der Waals surface area contributed by atoms with Crippen LogP contribution in [0.3, 0.4) is 0 Å². The number of nitrogens with one attached hydrogen (secondary N) is 2. The summed E-state index contributed by atoms with van der Waals surface area (Å²) in [6.07, 6.45) is 9.75. The second-order valence-electron chi connectivity index (χ2n) is 8.40. The van der Waals surface area contributed by atoms with E-state index in [0.717, 1.165) is 68.9 Å². The highest BCUT2D eigenvalue weighted by atomic mass is 16.1. The van der Waals surface area contributed by atoms with E-state index in [1.165, 1.54) is 6.20 Å². The van der Waals surface area contributed by atoms with Crippen LogP contribution in [0.15, 0.2) is 29.3 Å². The molecule has 0 aromatic carbocycles. The Balaban J connectivity index is 1.32. The molecule has 2 atom stereocenters. The van der Waals surface area contributed by atoms with E-state index in [0.29, 0.717) is 17.5 Å². The molecule has 2 fully saturated rings. The first kappa shape index (κ1) is 21.2. The van der Waals surface area contributed by atoms with E-state index < -0.39 is 0 Å². The number of aromatic amines is 1. The van der Waals surface area contributed by atoms with E-state index in [2.05, 4.69) is 42.0 Å². The summed E-state index contributed by atoms with van der Waals surface area (Å²) in [7, 11) is 1.58. The minimum atomic E-state index is -0.223. The second-order valence-corrected chi connectivity index (χ2v) is 8.40. The van der Waals surface area contributed by atoms with Gasteiger partial charge in [0.2, 0.25) is 0 Å². The average Bonchev–Trinajstić information content (AvgIpc) is 3.27. The molecular formula is C23H31N6O2+. The third kappa shape index (κ3) is 4.84. The zero-order valence-corrected chi connectivity index (χ0v) is 18.3. The van der Waals surface area contributed by atoms with Gasteiger partial charge in [0.15, 0.2) is 13.1 Å². The van der Waals surface area contributed by atoms with Crippen molar-refractivity contribution in [2.24, 2.45) is 5.92 Å². The molecule has 31 heavy (non-hydrogen) atoms. The van der Waals surface area contributed by atoms with Crippen molar-refractivity contribution in [3.05, 3.63) is 51.8 Å². The smallest absolute Gasteiger partial charge is 0.271 e. The minimum absolute atomic E-state index is 0.0648. The van der Waals surface area contributed by atoms with Gasteiger partial charge in [0.25, 0.3) is 11.5 Å². The molecule has 1 aliphatic heterocycles. The number of H-pyrrole nitrogens is 1. The Morgan fingerprint density at radius 2 is 2.06 bits per heavy atom. The van der Waals surface area contributed by atoms with Crippen molar-refractivity contribution in [3.63, 3.8) is 0 Å². The first-order valence-electron chi connectivity index (χ1n) is 11.2. The van der Waals surface area contributed by atoms with Crippen molar-refractivity contribution in [1.29, 1.82) is 0 Å². The van der Waals surface area contributed by atoms with Gasteiger partial charge in [-0.15, -0.1) is 0 Å². The number of amides is 1. The molecule has 3 heterocycles. The number of carbonyl (C=O) groups excluding carboxylic acids is 1. The number of aryl methyl sites for hydroxylation is 1. The molecule has 0 bridgehead atoms. The van der Waals surface area contributed by atoms with Crippen LogP contribution in [0.5, 0.6) is 0 Å². The van der Waals surface area contributed by atoms with Crippen LogP contribution in [0.25, 0.3) is 0 Å². The summed E-state index contributed by atoms with van der Waals surface area (Å²) in [5, 5.41) is 2.56. The average molecular weight is 424 g/mol. The zero-order valence-electron chi connectivity index (χ0n) is 18.3. The van der Waals surface area contributed by atoms with Crippen molar-refractivity contribution < 1.29 is 9.37 Å². The summed E-state index contributed by atoms with van der Waals surface area (Å²) in [6, 6.07) is 4.08. The fourth-order valence-electron chi connectivity index (χ4n) is 4.60. The Bertz CT molecular complexity index is 1000. The lowest BCUT2D eigenvalue weighted by molar-refractivity contribution is -0.527. The van der Waals surface area contributed by atoms with E-state index in [1.807, 2.05) is 13.0 Å². The van der Waals surface area contributed by atoms with Crippen LogP contribution in [0, 0.1) is 5.92 Å². The van der Waals surface area contributed by atoms with Gasteiger partial charge >= 0.3 is 0 Å². The summed E-state index contributed by atoms with van der Waals surface area (Å²) in [4.78, 5) is 37.7. The maximum atomic E-state index is 12.1. The highest BCUT2D eigenvalue weighted by Gasteiger charge is 2.29. The topological polar surface area (TPSA) is 94.0 Å². The van der Waals surface area contributed by atoms with E-state index in [9.17, 15) is 9.59 Å². The van der Waals surface area contributed by atoms with Crippen molar-refractivity contribution in [1.82, 2.24) is 20.3 Å². The summed E-state index contributed by atoms with van der Waals surface area (Å²) < 4.78 is 2.42. The predicted octanol–water partition coefficient (Wildman–Crippen LogP) is 1.57. The van der Waals surface area contributed by atoms with Crippen molar-refractivity contribution in [3.8, 4) is 0 Å². The number of pyridine rings is 1. The van der Waals surface area contributed by atoms with E-state index in [-0.39, 0.29) is 11.5 Å². The molecule has 8 heteroatoms. The molecule has 4 rings (SSSR count). The van der Waals surface area contributed by atoms with E-state index >= 15 is 0 Å². The summed E-state index contributed by atoms with van der Waals surface area (Å²) >= 11 is 0. The molecule has 1 unspecified atom stereocenters. The molecule has 164 valence electrons. The van der Waals surface area contributed by atoms with Gasteiger partial charge in [-0.3, -0.25) is 9.59 Å². The van der Waals surface area contributed by atoms with Crippen LogP contribution < -0.4 is 15.8 Å². The van der Waals surface area contributed by atoms with Crippen LogP contribution in [0.4, 0.5) is 5.82 Å². The molecular weight excluding hydrogens is 392 g/mol. The third-order valence-electron chi connectivity index (χ3n) is 6.47. The van der Waals surface area contributed by atoms with Gasteiger partial charge in [-0.2, -0.15) is 0 Å². The molecule has 2 aliphatic rings. The number of aromatic nitrogens is 3. The number of anilines is 1. The fourth-order valence-corrected chi connectivity index (χ4v) is 4.60. The van der Waals surface area contributed by atoms with Gasteiger partial charge in [-0.25, -0.2) is 14.5 Å². The summed E-state index contributed by atoms with van der Waals surface area (Å²) in [5.41, 5.74) is 2.34. The van der Waals surface area contributed by atoms with Gasteiger partial charge in [0, 0.05) is 24.2 Å². The SMILES string of the molecule is CCc1ccc([C@@H]2CCC(C=[N+]3CCN(c4cnc(C(=O)NC)cn4)CC3)C2)[nH]c1=O. The first-order chi connectivity index (χ1) is 15.1. The third-order valence-corrected chi connectivity index (χ3v) is 6.47. The van der Waals surface area contributed by atoms with Crippen molar-refractivity contribution >= 4 is 17.9 Å². The molecule has 2 aromatic heterocycles. The number of hydrogen-bond donors (Lipinski definition) is 2. The van der Waals surface area contributed by atoms with Crippen molar-refractivity contribution in [2.45, 2.75) is 38.5 Å². The van der Waals surface area contributed by atoms with E-state index in [4.69, 9.17) is 0 Å². The Labute approximate surface area is 182 Å². The highest BCUT2D eigenvalue weighted by molar-refractivity contribution is 5.91. The predicted molar refractivity (Wildman–Crippen MR) is 120 cm³/mol. The minimum Gasteiger partial charge on any atom is -0.354 e. The first-order valence-corrected chi connectivity index (χ1v) is 11.2. The molecule has 0 spiro atoms. The van der Waals surface area contributed by atoms with Gasteiger partial charge in [-0.1, -0.05) is 13.0 Å². The quantitative estimate of drug-likeness (QED) is 0.712. The number of rotatable bonds is 5. The number of piperazine rings is 1. The largest absolute Gasteiger partial charge is 0.354 e. The molecule has 1 saturated carbocycles. The van der Waals surface area contributed by atoms with Crippen LogP contribution >= 0.6 is 0 Å². The summed E-state index contributed by atoms with van der Waals surface area (Å²) in [5.74, 6) is 1.58. The molecule has 1 amide bonds. The van der Waals surface area contributed by atoms with Crippen LogP contribution in [0.2, 0.25) is 0 Å². The van der Waals surface area contributed by atoms with Gasteiger partial charge in [0.05, 0.1) is 25.5 Å². The van der Waals surface area contributed by atoms with Crippen LogP contribution in [-0.2, 0) is 6.42 Å². The van der Waals surface area contributed by atoms with E-state index in [1.54, 1.807) is 13.2 Å². The van der Waals surface area contributed by atoms with Gasteiger partial charge < -0.3 is 15.2 Å². The second kappa shape index (κ2) is 9.41. The fraction of sp³-hybridized carbons (Fsp3) is 0.522. The van der Waals surface area contributed by atoms with Gasteiger partial charge in [0.1, 0.15) is 17.7 Å². The summed E-state index contributed by atoms with van der Waals surface area (Å²) in [6.45, 7) is 5.67. The molecule has 2 N–H and O–H groups in total. The molecule has 1 saturated heterocycles. The van der Waals surface area contributed by atoms with Gasteiger partial charge in [-0.05, 0) is 37.7 Å². The lowest BCUT2D eigenvalue weighted by Gasteiger charge is -2.26. The Morgan fingerprint density at radius 1 is 1.26 bits per heavy atom. The standard InChI is InChI=1S/C23H30N6O2/c1-3-17-6-7-19(27-22(17)30)18-5-4-16(12-18)15-28-8-10-29(11-9-28)21-14-25-20(13-26-21)23(31)24-2/h6-7,13-16,18H,3-5,8-12H2,1-2H3,(H-,24,27,30,31)/p+1/t16?,18-/m1/s1. The Kier molecular flexibility index (Phi) is 6.44. The number of hydrogen-bond acceptors (Lipinski definition) is 5. The number of carbonyl (C=O) groups is 1. The maximum Gasteiger partial charge on any atom is 0.271 e. The molecule has 2 aromatic rings. The zero-order chi connectivity index (χ0) is 21.8. The lowest BCUT2D eigenvalue weighted by Crippen LogP contribution is -2.43. The Morgan fingerprint density at radius 3 is 2.71 bits per heavy atom. The molecule has 1 aliphatic carbocycles. The Hall–Kier alpha value is -3.03. The van der Waals surface area contributed by atoms with Crippen LogP contribution in [0.1, 0.15) is 53.8 Å². The number of nitrogens with zero attached hydrogens (tertiary/aromatic N) is 4. The maximum absolute atomic E-state index is 12.1. The normalized spacial score (nSPS) is 21.2. The lowest BCUT2D eigenvalue weighted by atomic mass is 10.0. The highest BCUT2D eigenvalue weighted by Crippen LogP contribution is 2.36. The molecule has 8 nitrogen and oxygen atoms in total. The van der Waals surface area contributed by atoms with Crippen LogP contribution in [-0.4, -0.2) is 64.9 Å².